The third-order valence-electron chi connectivity index (χ3n) is 2.04. The summed E-state index contributed by atoms with van der Waals surface area (Å²) in [5, 5.41) is 2.50. The lowest BCUT2D eigenvalue weighted by Gasteiger charge is -2.26. The van der Waals surface area contributed by atoms with Crippen molar-refractivity contribution < 1.29 is 14.3 Å². The molecule has 1 N–H and O–H groups in total. The minimum Gasteiger partial charge on any atom is -0.382 e. The summed E-state index contributed by atoms with van der Waals surface area (Å²) in [5.41, 5.74) is 0. The zero-order chi connectivity index (χ0) is 10.4. The van der Waals surface area contributed by atoms with Gasteiger partial charge in [0.1, 0.15) is 0 Å². The summed E-state index contributed by atoms with van der Waals surface area (Å²) in [4.78, 5) is 23.8. The average molecular weight is 200 g/mol. The quantitative estimate of drug-likeness (QED) is 0.601. The topological polar surface area (TPSA) is 58.6 Å². The van der Waals surface area contributed by atoms with Gasteiger partial charge in [-0.25, -0.2) is 0 Å². The van der Waals surface area contributed by atoms with Gasteiger partial charge in [0.05, 0.1) is 13.1 Å². The van der Waals surface area contributed by atoms with Crippen LogP contribution in [0.15, 0.2) is 0 Å². The average Bonchev–Trinajstić information content (AvgIpc) is 2.18. The molecule has 1 aliphatic rings. The van der Waals surface area contributed by atoms with Crippen LogP contribution in [0.4, 0.5) is 0 Å². The van der Waals surface area contributed by atoms with Crippen molar-refractivity contribution in [1.29, 1.82) is 0 Å². The molecule has 2 amide bonds. The van der Waals surface area contributed by atoms with Gasteiger partial charge < -0.3 is 15.0 Å². The first kappa shape index (κ1) is 11.0. The van der Waals surface area contributed by atoms with Gasteiger partial charge in [0.2, 0.25) is 11.8 Å². The molecule has 0 radical (unpaired) electrons. The Bertz CT molecular complexity index is 218. The highest BCUT2D eigenvalue weighted by Gasteiger charge is 2.21. The van der Waals surface area contributed by atoms with Gasteiger partial charge in [0, 0.05) is 19.8 Å². The fourth-order valence-electron chi connectivity index (χ4n) is 1.31. The zero-order valence-corrected chi connectivity index (χ0v) is 8.41. The van der Waals surface area contributed by atoms with Crippen LogP contribution in [0.25, 0.3) is 0 Å². The minimum atomic E-state index is -0.0824. The molecule has 1 heterocycles. The molecule has 0 spiro atoms. The van der Waals surface area contributed by atoms with E-state index in [1.165, 1.54) is 0 Å². The SMILES string of the molecule is CCOCCCN1CC(=O)NCC1=O. The molecule has 5 nitrogen and oxygen atoms in total. The van der Waals surface area contributed by atoms with Crippen LogP contribution in [0, 0.1) is 0 Å². The van der Waals surface area contributed by atoms with Gasteiger partial charge in [0.15, 0.2) is 0 Å². The number of hydrogen-bond donors (Lipinski definition) is 1. The van der Waals surface area contributed by atoms with Gasteiger partial charge in [-0.3, -0.25) is 9.59 Å². The molecular formula is C9H16N2O3. The van der Waals surface area contributed by atoms with Crippen LogP contribution in [0.3, 0.4) is 0 Å². The molecule has 0 unspecified atom stereocenters. The van der Waals surface area contributed by atoms with E-state index in [0.717, 1.165) is 6.42 Å². The Morgan fingerprint density at radius 3 is 3.00 bits per heavy atom. The maximum absolute atomic E-state index is 11.3. The fraction of sp³-hybridized carbons (Fsp3) is 0.778. The molecular weight excluding hydrogens is 184 g/mol. The number of amides is 2. The van der Waals surface area contributed by atoms with E-state index in [2.05, 4.69) is 5.32 Å². The van der Waals surface area contributed by atoms with E-state index in [9.17, 15) is 9.59 Å². The number of hydrogen-bond acceptors (Lipinski definition) is 3. The third kappa shape index (κ3) is 3.33. The minimum absolute atomic E-state index is 0.0129. The largest absolute Gasteiger partial charge is 0.382 e. The van der Waals surface area contributed by atoms with Gasteiger partial charge >= 0.3 is 0 Å². The molecule has 0 aromatic carbocycles. The fourth-order valence-corrected chi connectivity index (χ4v) is 1.31. The number of piperazine rings is 1. The highest BCUT2D eigenvalue weighted by atomic mass is 16.5. The molecule has 0 saturated carbocycles. The van der Waals surface area contributed by atoms with E-state index in [1.54, 1.807) is 4.90 Å². The predicted molar refractivity (Wildman–Crippen MR) is 50.7 cm³/mol. The number of nitrogens with one attached hydrogen (secondary N) is 1. The van der Waals surface area contributed by atoms with Crippen molar-refractivity contribution in [2.75, 3.05) is 32.8 Å². The Morgan fingerprint density at radius 2 is 2.29 bits per heavy atom. The third-order valence-corrected chi connectivity index (χ3v) is 2.04. The van der Waals surface area contributed by atoms with E-state index in [0.29, 0.717) is 19.8 Å². The highest BCUT2D eigenvalue weighted by molar-refractivity contribution is 5.92. The lowest BCUT2D eigenvalue weighted by Crippen LogP contribution is -2.51. The second kappa shape index (κ2) is 5.59. The van der Waals surface area contributed by atoms with Crippen LogP contribution in [-0.2, 0) is 14.3 Å². The molecule has 80 valence electrons. The van der Waals surface area contributed by atoms with Gasteiger partial charge in [-0.05, 0) is 13.3 Å². The maximum atomic E-state index is 11.3. The van der Waals surface area contributed by atoms with Crippen LogP contribution in [0.1, 0.15) is 13.3 Å². The maximum Gasteiger partial charge on any atom is 0.242 e. The summed E-state index contributed by atoms with van der Waals surface area (Å²) in [6.07, 6.45) is 0.785. The van der Waals surface area contributed by atoms with Gasteiger partial charge in [0.25, 0.3) is 0 Å². The molecule has 1 saturated heterocycles. The Hall–Kier alpha value is -1.10. The van der Waals surface area contributed by atoms with E-state index < -0.39 is 0 Å². The zero-order valence-electron chi connectivity index (χ0n) is 8.41. The summed E-state index contributed by atoms with van der Waals surface area (Å²) >= 11 is 0. The standard InChI is InChI=1S/C9H16N2O3/c1-2-14-5-3-4-11-7-8(12)10-6-9(11)13/h2-7H2,1H3,(H,10,12). The van der Waals surface area contributed by atoms with Crippen LogP contribution in [-0.4, -0.2) is 49.6 Å². The normalized spacial score (nSPS) is 17.1. The smallest absolute Gasteiger partial charge is 0.242 e. The molecule has 5 heteroatoms. The van der Waals surface area contributed by atoms with Gasteiger partial charge in [-0.2, -0.15) is 0 Å². The summed E-state index contributed by atoms with van der Waals surface area (Å²) in [5.74, 6) is -0.0953. The van der Waals surface area contributed by atoms with Crippen molar-refractivity contribution in [3.8, 4) is 0 Å². The molecule has 0 aliphatic carbocycles. The first-order chi connectivity index (χ1) is 6.74. The molecule has 0 atom stereocenters. The van der Waals surface area contributed by atoms with E-state index in [1.807, 2.05) is 6.92 Å². The van der Waals surface area contributed by atoms with E-state index >= 15 is 0 Å². The lowest BCUT2D eigenvalue weighted by molar-refractivity contribution is -0.140. The van der Waals surface area contributed by atoms with Crippen molar-refractivity contribution in [3.63, 3.8) is 0 Å². The highest BCUT2D eigenvalue weighted by Crippen LogP contribution is 1.97. The second-order valence-corrected chi connectivity index (χ2v) is 3.14. The van der Waals surface area contributed by atoms with Gasteiger partial charge in [-0.1, -0.05) is 0 Å². The number of carbonyl (C=O) groups is 2. The number of nitrogens with zero attached hydrogens (tertiary/aromatic N) is 1. The summed E-state index contributed by atoms with van der Waals surface area (Å²) < 4.78 is 5.15. The van der Waals surface area contributed by atoms with Crippen molar-refractivity contribution in [1.82, 2.24) is 10.2 Å². The lowest BCUT2D eigenvalue weighted by atomic mass is 10.3. The first-order valence-electron chi connectivity index (χ1n) is 4.86. The first-order valence-corrected chi connectivity index (χ1v) is 4.86. The monoisotopic (exact) mass is 200 g/mol. The van der Waals surface area contributed by atoms with Crippen molar-refractivity contribution in [2.24, 2.45) is 0 Å². The number of rotatable bonds is 5. The van der Waals surface area contributed by atoms with Crippen LogP contribution >= 0.6 is 0 Å². The summed E-state index contributed by atoms with van der Waals surface area (Å²) in [6.45, 7) is 4.18. The summed E-state index contributed by atoms with van der Waals surface area (Å²) in [6, 6.07) is 0. The molecule has 1 fully saturated rings. The van der Waals surface area contributed by atoms with Crippen molar-refractivity contribution in [3.05, 3.63) is 0 Å². The summed E-state index contributed by atoms with van der Waals surface area (Å²) in [7, 11) is 0. The Morgan fingerprint density at radius 1 is 1.50 bits per heavy atom. The Labute approximate surface area is 83.4 Å². The molecule has 14 heavy (non-hydrogen) atoms. The Balaban J connectivity index is 2.21. The van der Waals surface area contributed by atoms with Crippen molar-refractivity contribution >= 4 is 11.8 Å². The molecule has 0 bridgehead atoms. The van der Waals surface area contributed by atoms with Crippen molar-refractivity contribution in [2.45, 2.75) is 13.3 Å². The second-order valence-electron chi connectivity index (χ2n) is 3.14. The number of carbonyl (C=O) groups excluding carboxylic acids is 2. The number of ether oxygens (including phenoxy) is 1. The molecule has 1 aliphatic heterocycles. The van der Waals surface area contributed by atoms with E-state index in [-0.39, 0.29) is 24.9 Å². The van der Waals surface area contributed by atoms with E-state index in [4.69, 9.17) is 4.74 Å². The molecule has 0 aromatic rings. The molecule has 1 rings (SSSR count). The van der Waals surface area contributed by atoms with Crippen LogP contribution in [0.2, 0.25) is 0 Å². The predicted octanol–water partition coefficient (Wildman–Crippen LogP) is -0.629. The molecule has 0 aromatic heterocycles. The Kier molecular flexibility index (Phi) is 4.39. The van der Waals surface area contributed by atoms with Crippen LogP contribution in [0.5, 0.6) is 0 Å². The van der Waals surface area contributed by atoms with Gasteiger partial charge in [-0.15, -0.1) is 0 Å². The van der Waals surface area contributed by atoms with Crippen LogP contribution < -0.4 is 5.32 Å².